The largest absolute Gasteiger partial charge is 0.294 e. The van der Waals surface area contributed by atoms with Gasteiger partial charge in [0.15, 0.2) is 11.6 Å². The van der Waals surface area contributed by atoms with Crippen molar-refractivity contribution < 1.29 is 9.59 Å². The Labute approximate surface area is 202 Å². The monoisotopic (exact) mass is 448 g/mol. The number of carbonyl (C=O) groups is 2. The first-order valence-corrected chi connectivity index (χ1v) is 13.3. The fourth-order valence-corrected chi connectivity index (χ4v) is 5.06. The summed E-state index contributed by atoms with van der Waals surface area (Å²) in [5.74, 6) is 0.702. The zero-order valence-electron chi connectivity index (χ0n) is 21.4. The predicted octanol–water partition coefficient (Wildman–Crippen LogP) is 9.29. The molecular formula is C31H44O2. The lowest BCUT2D eigenvalue weighted by molar-refractivity contribution is 0.0892. The van der Waals surface area contributed by atoms with Crippen molar-refractivity contribution in [3.8, 4) is 0 Å². The summed E-state index contributed by atoms with van der Waals surface area (Å²) in [4.78, 5) is 26.8. The topological polar surface area (TPSA) is 34.1 Å². The molecule has 2 unspecified atom stereocenters. The first kappa shape index (κ1) is 27.0. The van der Waals surface area contributed by atoms with Crippen LogP contribution in [0.25, 0.3) is 0 Å². The van der Waals surface area contributed by atoms with Gasteiger partial charge in [-0.25, -0.2) is 0 Å². The summed E-state index contributed by atoms with van der Waals surface area (Å²) in [7, 11) is 0. The van der Waals surface area contributed by atoms with Crippen LogP contribution in [0.15, 0.2) is 48.5 Å². The summed E-state index contributed by atoms with van der Waals surface area (Å²) < 4.78 is 0. The van der Waals surface area contributed by atoms with Crippen LogP contribution in [-0.2, 0) is 0 Å². The fraction of sp³-hybridized carbons (Fsp3) is 0.548. The minimum atomic E-state index is -0.0483. The lowest BCUT2D eigenvalue weighted by Crippen LogP contribution is -2.15. The Balaban J connectivity index is 2.28. The SMILES string of the molecule is CCCCC(CCC)c1ccccc1C(=O)CC(=O)c1ccccc1C(CCC)CCCC. The standard InChI is InChI=1S/C31H44O2/c1-5-9-17-24(15-7-3)26-19-11-13-21-28(26)30(32)23-31(33)29-22-14-12-20-27(29)25(16-8-4)18-10-6-2/h11-14,19-22,24-25H,5-10,15-18,23H2,1-4H3. The summed E-state index contributed by atoms with van der Waals surface area (Å²) in [6, 6.07) is 16.0. The van der Waals surface area contributed by atoms with E-state index in [4.69, 9.17) is 0 Å². The molecule has 0 bridgehead atoms. The lowest BCUT2D eigenvalue weighted by atomic mass is 9.83. The molecule has 0 aliphatic carbocycles. The molecule has 0 fully saturated rings. The third kappa shape index (κ3) is 7.95. The molecule has 2 heteroatoms. The van der Waals surface area contributed by atoms with Crippen LogP contribution in [0, 0.1) is 0 Å². The molecule has 33 heavy (non-hydrogen) atoms. The van der Waals surface area contributed by atoms with Crippen molar-refractivity contribution in [2.24, 2.45) is 0 Å². The van der Waals surface area contributed by atoms with Crippen molar-refractivity contribution in [1.29, 1.82) is 0 Å². The first-order chi connectivity index (χ1) is 16.1. The van der Waals surface area contributed by atoms with Gasteiger partial charge in [-0.05, 0) is 48.6 Å². The second kappa shape index (κ2) is 14.8. The number of carbonyl (C=O) groups excluding carboxylic acids is 2. The minimum absolute atomic E-state index is 0.0383. The number of unbranched alkanes of at least 4 members (excludes halogenated alkanes) is 2. The maximum Gasteiger partial charge on any atom is 0.170 e. The van der Waals surface area contributed by atoms with Crippen molar-refractivity contribution in [1.82, 2.24) is 0 Å². The number of Topliss-reactive ketones (excluding diaryl/α,β-unsaturated/α-hetero) is 2. The fourth-order valence-electron chi connectivity index (χ4n) is 5.06. The third-order valence-electron chi connectivity index (χ3n) is 6.81. The van der Waals surface area contributed by atoms with Crippen molar-refractivity contribution >= 4 is 11.6 Å². The van der Waals surface area contributed by atoms with Crippen molar-refractivity contribution in [2.75, 3.05) is 0 Å². The molecule has 2 nitrogen and oxygen atoms in total. The molecule has 2 aromatic carbocycles. The van der Waals surface area contributed by atoms with Gasteiger partial charge in [0.1, 0.15) is 0 Å². The number of rotatable bonds is 16. The van der Waals surface area contributed by atoms with Crippen molar-refractivity contribution in [3.05, 3.63) is 70.8 Å². The molecule has 0 spiro atoms. The van der Waals surface area contributed by atoms with Gasteiger partial charge < -0.3 is 0 Å². The zero-order chi connectivity index (χ0) is 24.1. The quantitative estimate of drug-likeness (QED) is 0.189. The Morgan fingerprint density at radius 3 is 1.33 bits per heavy atom. The number of benzene rings is 2. The highest BCUT2D eigenvalue weighted by Crippen LogP contribution is 2.32. The number of ketones is 2. The molecule has 0 amide bonds. The minimum Gasteiger partial charge on any atom is -0.294 e. The molecule has 0 N–H and O–H groups in total. The van der Waals surface area contributed by atoms with Gasteiger partial charge in [0.2, 0.25) is 0 Å². The molecule has 180 valence electrons. The van der Waals surface area contributed by atoms with Gasteiger partial charge in [-0.15, -0.1) is 0 Å². The lowest BCUT2D eigenvalue weighted by Gasteiger charge is -2.21. The van der Waals surface area contributed by atoms with E-state index in [0.29, 0.717) is 11.8 Å². The Kier molecular flexibility index (Phi) is 12.1. The van der Waals surface area contributed by atoms with Crippen LogP contribution in [0.3, 0.4) is 0 Å². The van der Waals surface area contributed by atoms with E-state index in [1.54, 1.807) is 0 Å². The molecule has 0 aromatic heterocycles. The highest BCUT2D eigenvalue weighted by atomic mass is 16.1. The molecule has 0 saturated heterocycles. The van der Waals surface area contributed by atoms with Gasteiger partial charge in [0.25, 0.3) is 0 Å². The Hall–Kier alpha value is -2.22. The number of hydrogen-bond acceptors (Lipinski definition) is 2. The Morgan fingerprint density at radius 1 is 0.576 bits per heavy atom. The predicted molar refractivity (Wildman–Crippen MR) is 141 cm³/mol. The third-order valence-corrected chi connectivity index (χ3v) is 6.81. The van der Waals surface area contributed by atoms with Crippen LogP contribution in [0.4, 0.5) is 0 Å². The zero-order valence-corrected chi connectivity index (χ0v) is 21.4. The number of hydrogen-bond donors (Lipinski definition) is 0. The molecule has 0 heterocycles. The highest BCUT2D eigenvalue weighted by molar-refractivity contribution is 6.14. The maximum absolute atomic E-state index is 13.4. The summed E-state index contributed by atoms with van der Waals surface area (Å²) in [6.07, 6.45) is 11.1. The normalized spacial score (nSPS) is 13.0. The average Bonchev–Trinajstić information content (AvgIpc) is 2.84. The molecule has 2 rings (SSSR count). The van der Waals surface area contributed by atoms with Gasteiger partial charge in [0.05, 0.1) is 6.42 Å². The van der Waals surface area contributed by atoms with Crippen LogP contribution < -0.4 is 0 Å². The van der Waals surface area contributed by atoms with E-state index in [1.807, 2.05) is 36.4 Å². The molecule has 0 radical (unpaired) electrons. The van der Waals surface area contributed by atoms with Crippen molar-refractivity contribution in [2.45, 2.75) is 110 Å². The van der Waals surface area contributed by atoms with Gasteiger partial charge in [-0.3, -0.25) is 9.59 Å². The second-order valence-electron chi connectivity index (χ2n) is 9.45. The molecule has 2 aromatic rings. The summed E-state index contributed by atoms with van der Waals surface area (Å²) >= 11 is 0. The van der Waals surface area contributed by atoms with Crippen LogP contribution in [-0.4, -0.2) is 11.6 Å². The second-order valence-corrected chi connectivity index (χ2v) is 9.45. The van der Waals surface area contributed by atoms with Crippen molar-refractivity contribution in [3.63, 3.8) is 0 Å². The maximum atomic E-state index is 13.4. The van der Waals surface area contributed by atoms with Crippen LogP contribution in [0.5, 0.6) is 0 Å². The summed E-state index contributed by atoms with van der Waals surface area (Å²) in [6.45, 7) is 8.83. The van der Waals surface area contributed by atoms with E-state index in [2.05, 4.69) is 39.8 Å². The molecule has 0 saturated carbocycles. The first-order valence-electron chi connectivity index (χ1n) is 13.3. The van der Waals surface area contributed by atoms with E-state index in [9.17, 15) is 9.59 Å². The van der Waals surface area contributed by atoms with Gasteiger partial charge in [0, 0.05) is 11.1 Å². The van der Waals surface area contributed by atoms with E-state index < -0.39 is 0 Å². The molecule has 0 aliphatic rings. The Morgan fingerprint density at radius 2 is 0.970 bits per heavy atom. The summed E-state index contributed by atoms with van der Waals surface area (Å²) in [5, 5.41) is 0. The van der Waals surface area contributed by atoms with E-state index in [1.165, 1.54) is 0 Å². The van der Waals surface area contributed by atoms with E-state index in [0.717, 1.165) is 86.5 Å². The van der Waals surface area contributed by atoms with Gasteiger partial charge in [-0.1, -0.05) is 115 Å². The molecule has 2 atom stereocenters. The molecular weight excluding hydrogens is 404 g/mol. The molecule has 0 aliphatic heterocycles. The average molecular weight is 449 g/mol. The van der Waals surface area contributed by atoms with Crippen LogP contribution >= 0.6 is 0 Å². The van der Waals surface area contributed by atoms with Crippen LogP contribution in [0.1, 0.15) is 142 Å². The Bertz CT molecular complexity index is 795. The highest BCUT2D eigenvalue weighted by Gasteiger charge is 2.23. The van der Waals surface area contributed by atoms with E-state index >= 15 is 0 Å². The summed E-state index contributed by atoms with van der Waals surface area (Å²) in [5.41, 5.74) is 3.75. The van der Waals surface area contributed by atoms with E-state index in [-0.39, 0.29) is 18.0 Å². The van der Waals surface area contributed by atoms with Crippen LogP contribution in [0.2, 0.25) is 0 Å². The van der Waals surface area contributed by atoms with Gasteiger partial charge in [-0.2, -0.15) is 0 Å². The smallest absolute Gasteiger partial charge is 0.170 e. The van der Waals surface area contributed by atoms with Gasteiger partial charge >= 0.3 is 0 Å².